The first-order valence-corrected chi connectivity index (χ1v) is 10.9. The lowest BCUT2D eigenvalue weighted by molar-refractivity contribution is -0.115. The fourth-order valence-corrected chi connectivity index (χ4v) is 4.67. The van der Waals surface area contributed by atoms with Gasteiger partial charge in [0.25, 0.3) is 5.91 Å². The van der Waals surface area contributed by atoms with Crippen molar-refractivity contribution < 1.29 is 9.18 Å². The molecule has 162 valence electrons. The van der Waals surface area contributed by atoms with Gasteiger partial charge in [-0.25, -0.2) is 4.39 Å². The highest BCUT2D eigenvalue weighted by atomic mass is 35.5. The lowest BCUT2D eigenvalue weighted by atomic mass is 9.91. The van der Waals surface area contributed by atoms with E-state index in [1.54, 1.807) is 23.2 Å². The summed E-state index contributed by atoms with van der Waals surface area (Å²) in [6.45, 7) is 2.67. The van der Waals surface area contributed by atoms with Crippen LogP contribution >= 0.6 is 11.6 Å². The molecule has 2 heterocycles. The molecule has 0 aromatic heterocycles. The Kier molecular flexibility index (Phi) is 5.31. The molecule has 2 atom stereocenters. The molecule has 3 aromatic carbocycles. The fraction of sp³-hybridized carbons (Fsp3) is 0.200. The Labute approximate surface area is 191 Å². The van der Waals surface area contributed by atoms with E-state index >= 15 is 0 Å². The van der Waals surface area contributed by atoms with Crippen LogP contribution in [0.2, 0.25) is 5.02 Å². The van der Waals surface area contributed by atoms with Crippen LogP contribution in [0.15, 0.2) is 77.9 Å². The highest BCUT2D eigenvalue weighted by Crippen LogP contribution is 2.41. The maximum absolute atomic E-state index is 13.6. The summed E-state index contributed by atoms with van der Waals surface area (Å²) in [5, 5.41) is 8.89. The highest BCUT2D eigenvalue weighted by molar-refractivity contribution is 6.41. The van der Waals surface area contributed by atoms with Gasteiger partial charge in [0.1, 0.15) is 11.5 Å². The first-order chi connectivity index (χ1) is 15.5. The van der Waals surface area contributed by atoms with Crippen LogP contribution in [0.3, 0.4) is 0 Å². The van der Waals surface area contributed by atoms with Gasteiger partial charge in [-0.3, -0.25) is 20.2 Å². The number of carbonyl (C=O) groups is 1. The summed E-state index contributed by atoms with van der Waals surface area (Å²) in [7, 11) is 0. The van der Waals surface area contributed by atoms with Crippen molar-refractivity contribution in [1.82, 2.24) is 5.43 Å². The number of hydrazine groups is 1. The third kappa shape index (κ3) is 3.60. The molecule has 32 heavy (non-hydrogen) atoms. The largest absolute Gasteiger partial charge is 0.286 e. The number of hydrogen-bond donors (Lipinski definition) is 1. The summed E-state index contributed by atoms with van der Waals surface area (Å²) >= 11 is 6.47. The summed E-state index contributed by atoms with van der Waals surface area (Å²) in [6.07, 6.45) is 0.877. The Bertz CT molecular complexity index is 1200. The average Bonchev–Trinajstić information content (AvgIpc) is 3.36. The van der Waals surface area contributed by atoms with Crippen LogP contribution in [0.1, 0.15) is 24.1 Å². The van der Waals surface area contributed by atoms with Crippen molar-refractivity contribution in [3.63, 3.8) is 0 Å². The molecule has 5 nitrogen and oxygen atoms in total. The number of hydrogen-bond acceptors (Lipinski definition) is 4. The molecular weight excluding hydrogens is 427 g/mol. The fourth-order valence-electron chi connectivity index (χ4n) is 4.45. The second-order valence-corrected chi connectivity index (χ2v) is 8.44. The quantitative estimate of drug-likeness (QED) is 0.602. The first kappa shape index (κ1) is 20.5. The molecule has 0 unspecified atom stereocenters. The molecule has 2 aliphatic heterocycles. The maximum Gasteiger partial charge on any atom is 0.286 e. The van der Waals surface area contributed by atoms with Gasteiger partial charge in [0.15, 0.2) is 0 Å². The lowest BCUT2D eigenvalue weighted by Gasteiger charge is -2.27. The second-order valence-electron chi connectivity index (χ2n) is 8.04. The lowest BCUT2D eigenvalue weighted by Crippen LogP contribution is -2.45. The van der Waals surface area contributed by atoms with E-state index in [4.69, 9.17) is 16.7 Å². The number of nitrogens with one attached hydrogen (secondary N) is 1. The molecule has 7 heteroatoms. The number of amides is 1. The minimum atomic E-state index is -0.310. The molecule has 0 saturated carbocycles. The zero-order valence-electron chi connectivity index (χ0n) is 17.5. The minimum absolute atomic E-state index is 0.241. The Balaban J connectivity index is 1.48. The van der Waals surface area contributed by atoms with E-state index in [-0.39, 0.29) is 23.7 Å². The van der Waals surface area contributed by atoms with Crippen molar-refractivity contribution in [3.05, 3.63) is 94.8 Å². The van der Waals surface area contributed by atoms with Gasteiger partial charge in [0.05, 0.1) is 22.4 Å². The highest BCUT2D eigenvalue weighted by Gasteiger charge is 2.40. The Morgan fingerprint density at radius 2 is 1.72 bits per heavy atom. The van der Waals surface area contributed by atoms with E-state index in [2.05, 4.69) is 11.5 Å². The van der Waals surface area contributed by atoms with E-state index in [0.717, 1.165) is 17.7 Å². The van der Waals surface area contributed by atoms with E-state index in [0.29, 0.717) is 23.0 Å². The number of nitrogens with zero attached hydrogens (tertiary/aromatic N) is 3. The van der Waals surface area contributed by atoms with Crippen molar-refractivity contribution in [2.24, 2.45) is 11.0 Å². The molecule has 2 aliphatic rings. The molecule has 0 aliphatic carbocycles. The molecule has 0 spiro atoms. The maximum atomic E-state index is 13.6. The number of halogens is 2. The van der Waals surface area contributed by atoms with Crippen LogP contribution < -0.4 is 15.4 Å². The van der Waals surface area contributed by atoms with Crippen LogP contribution in [0, 0.1) is 11.7 Å². The normalized spacial score (nSPS) is 19.7. The molecule has 0 radical (unpaired) electrons. The third-order valence-corrected chi connectivity index (χ3v) is 6.37. The van der Waals surface area contributed by atoms with E-state index in [1.165, 1.54) is 17.7 Å². The van der Waals surface area contributed by atoms with Gasteiger partial charge in [0, 0.05) is 12.5 Å². The topological polar surface area (TPSA) is 47.9 Å². The van der Waals surface area contributed by atoms with Gasteiger partial charge in [-0.15, -0.1) is 0 Å². The molecule has 0 bridgehead atoms. The zero-order chi connectivity index (χ0) is 22.2. The van der Waals surface area contributed by atoms with Crippen molar-refractivity contribution in [2.75, 3.05) is 16.6 Å². The van der Waals surface area contributed by atoms with Crippen LogP contribution in [-0.4, -0.2) is 18.2 Å². The van der Waals surface area contributed by atoms with Crippen molar-refractivity contribution in [3.8, 4) is 0 Å². The number of anilines is 2. The third-order valence-electron chi connectivity index (χ3n) is 6.05. The summed E-state index contributed by atoms with van der Waals surface area (Å²) in [5.74, 6) is -0.805. The molecule has 1 N–H and O–H groups in total. The van der Waals surface area contributed by atoms with Crippen molar-refractivity contribution in [1.29, 1.82) is 0 Å². The Hall–Kier alpha value is -3.38. The predicted octanol–water partition coefficient (Wildman–Crippen LogP) is 5.13. The zero-order valence-corrected chi connectivity index (χ0v) is 18.3. The molecule has 3 aromatic rings. The number of hydrazone groups is 1. The summed E-state index contributed by atoms with van der Waals surface area (Å²) in [4.78, 5) is 13.3. The van der Waals surface area contributed by atoms with Crippen LogP contribution in [0.5, 0.6) is 0 Å². The van der Waals surface area contributed by atoms with Gasteiger partial charge in [0.2, 0.25) is 0 Å². The van der Waals surface area contributed by atoms with Gasteiger partial charge in [-0.1, -0.05) is 61.0 Å². The first-order valence-electron chi connectivity index (χ1n) is 10.6. The standard InChI is InChI=1S/C25H22ClFN4O/c1-16-23(25(32)29-30-15-14-17-6-2-4-8-21(17)30)28-31(22-9-5-3-7-20(22)26)24(16)18-10-12-19(27)13-11-18/h2-13,16,24H,14-15H2,1H3,(H,29,32)/t16-,24+/m0/s1. The molecular formula is C25H22ClFN4O. The molecule has 5 rings (SSSR count). The number of benzene rings is 3. The van der Waals surface area contributed by atoms with Crippen LogP contribution in [-0.2, 0) is 11.2 Å². The summed E-state index contributed by atoms with van der Waals surface area (Å²) in [6, 6.07) is 21.4. The van der Waals surface area contributed by atoms with Crippen LogP contribution in [0.4, 0.5) is 15.8 Å². The number of rotatable bonds is 4. The smallest absolute Gasteiger partial charge is 0.285 e. The molecule has 1 amide bonds. The van der Waals surface area contributed by atoms with Crippen LogP contribution in [0.25, 0.3) is 0 Å². The molecule has 0 fully saturated rings. The monoisotopic (exact) mass is 448 g/mol. The number of para-hydroxylation sites is 2. The van der Waals surface area contributed by atoms with E-state index in [9.17, 15) is 9.18 Å². The number of carbonyl (C=O) groups excluding carboxylic acids is 1. The molecule has 0 saturated heterocycles. The summed E-state index contributed by atoms with van der Waals surface area (Å²) in [5.41, 5.74) is 7.19. The average molecular weight is 449 g/mol. The van der Waals surface area contributed by atoms with Crippen molar-refractivity contribution in [2.45, 2.75) is 19.4 Å². The number of fused-ring (bicyclic) bond motifs is 1. The minimum Gasteiger partial charge on any atom is -0.285 e. The van der Waals surface area contributed by atoms with Gasteiger partial charge < -0.3 is 0 Å². The van der Waals surface area contributed by atoms with Gasteiger partial charge >= 0.3 is 0 Å². The predicted molar refractivity (Wildman–Crippen MR) is 125 cm³/mol. The SMILES string of the molecule is C[C@H]1C(C(=O)NN2CCc3ccccc32)=NN(c2ccccc2Cl)[C@H]1c1ccc(F)cc1. The van der Waals surface area contributed by atoms with Crippen molar-refractivity contribution >= 4 is 34.6 Å². The Morgan fingerprint density at radius 3 is 2.47 bits per heavy atom. The van der Waals surface area contributed by atoms with E-state index < -0.39 is 0 Å². The van der Waals surface area contributed by atoms with Gasteiger partial charge in [-0.05, 0) is 47.9 Å². The summed E-state index contributed by atoms with van der Waals surface area (Å²) < 4.78 is 13.6. The second kappa shape index (κ2) is 8.28. The Morgan fingerprint density at radius 1 is 1.03 bits per heavy atom. The van der Waals surface area contributed by atoms with E-state index in [1.807, 2.05) is 48.3 Å². The van der Waals surface area contributed by atoms with Gasteiger partial charge in [-0.2, -0.15) is 5.10 Å².